The van der Waals surface area contributed by atoms with Gasteiger partial charge in [0.25, 0.3) is 0 Å². The van der Waals surface area contributed by atoms with Gasteiger partial charge in [0, 0.05) is 24.7 Å². The molecule has 3 aromatic rings. The van der Waals surface area contributed by atoms with Crippen molar-refractivity contribution in [3.63, 3.8) is 0 Å². The predicted molar refractivity (Wildman–Crippen MR) is 123 cm³/mol. The number of nitrogens with zero attached hydrogens (tertiary/aromatic N) is 3. The molecule has 9 nitrogen and oxygen atoms in total. The second-order valence-corrected chi connectivity index (χ2v) is 10.0. The molecule has 0 saturated carbocycles. The monoisotopic (exact) mass is 470 g/mol. The van der Waals surface area contributed by atoms with E-state index in [1.807, 2.05) is 36.4 Å². The number of likely N-dealkylation sites (N-methyl/N-ethyl adjacent to an activating group) is 1. The van der Waals surface area contributed by atoms with Crippen LogP contribution < -0.4 is 5.32 Å². The zero-order chi connectivity index (χ0) is 23.8. The molecule has 33 heavy (non-hydrogen) atoms. The van der Waals surface area contributed by atoms with Gasteiger partial charge in [-0.05, 0) is 38.1 Å². The lowest BCUT2D eigenvalue weighted by Gasteiger charge is -2.27. The fourth-order valence-corrected chi connectivity index (χ4v) is 6.25. The largest absolute Gasteiger partial charge is 0.360 e. The molecule has 0 radical (unpaired) electrons. The van der Waals surface area contributed by atoms with Gasteiger partial charge in [-0.25, -0.2) is 8.42 Å². The molecule has 1 N–H and O–H groups in total. The van der Waals surface area contributed by atoms with Crippen LogP contribution in [-0.4, -0.2) is 60.8 Å². The molecule has 4 rings (SSSR count). The maximum absolute atomic E-state index is 13.2. The summed E-state index contributed by atoms with van der Waals surface area (Å²) in [5.41, 5.74) is 0.913. The minimum atomic E-state index is -3.96. The average molecular weight is 471 g/mol. The molecule has 1 aromatic heterocycles. The van der Waals surface area contributed by atoms with Crippen molar-refractivity contribution < 1.29 is 22.5 Å². The Morgan fingerprint density at radius 3 is 2.64 bits per heavy atom. The van der Waals surface area contributed by atoms with E-state index in [1.165, 1.54) is 23.2 Å². The number of amides is 2. The van der Waals surface area contributed by atoms with E-state index in [0.717, 1.165) is 10.8 Å². The molecule has 1 atom stereocenters. The topological polar surface area (TPSA) is 113 Å². The molecule has 1 saturated heterocycles. The minimum Gasteiger partial charge on any atom is -0.360 e. The predicted octanol–water partition coefficient (Wildman–Crippen LogP) is 2.69. The van der Waals surface area contributed by atoms with Gasteiger partial charge in [-0.3, -0.25) is 9.59 Å². The molecule has 1 fully saturated rings. The Morgan fingerprint density at radius 1 is 1.18 bits per heavy atom. The van der Waals surface area contributed by atoms with E-state index in [-0.39, 0.29) is 35.3 Å². The molecule has 2 heterocycles. The molecular formula is C23H26N4O5S. The van der Waals surface area contributed by atoms with Crippen molar-refractivity contribution in [2.24, 2.45) is 0 Å². The number of hydrogen-bond donors (Lipinski definition) is 1. The highest BCUT2D eigenvalue weighted by atomic mass is 32.2. The highest BCUT2D eigenvalue weighted by molar-refractivity contribution is 7.89. The van der Waals surface area contributed by atoms with Crippen LogP contribution in [0.4, 0.5) is 5.69 Å². The number of aromatic nitrogens is 1. The van der Waals surface area contributed by atoms with Gasteiger partial charge >= 0.3 is 0 Å². The first-order valence-corrected chi connectivity index (χ1v) is 12.1. The van der Waals surface area contributed by atoms with Gasteiger partial charge in [0.05, 0.1) is 6.54 Å². The molecule has 1 aliphatic heterocycles. The number of hydrogen-bond acceptors (Lipinski definition) is 6. The van der Waals surface area contributed by atoms with Gasteiger partial charge < -0.3 is 14.7 Å². The van der Waals surface area contributed by atoms with Gasteiger partial charge in [-0.2, -0.15) is 4.31 Å². The zero-order valence-corrected chi connectivity index (χ0v) is 19.6. The van der Waals surface area contributed by atoms with Gasteiger partial charge in [-0.1, -0.05) is 41.6 Å². The maximum Gasteiger partial charge on any atom is 0.249 e. The Morgan fingerprint density at radius 2 is 1.91 bits per heavy atom. The van der Waals surface area contributed by atoms with Crippen LogP contribution in [0.5, 0.6) is 0 Å². The molecule has 174 valence electrons. The zero-order valence-electron chi connectivity index (χ0n) is 18.7. The van der Waals surface area contributed by atoms with Gasteiger partial charge in [0.15, 0.2) is 5.76 Å². The van der Waals surface area contributed by atoms with Gasteiger partial charge in [-0.15, -0.1) is 0 Å². The molecule has 0 spiro atoms. The van der Waals surface area contributed by atoms with Crippen molar-refractivity contribution in [3.05, 3.63) is 53.9 Å². The van der Waals surface area contributed by atoms with Crippen molar-refractivity contribution in [2.45, 2.75) is 37.6 Å². The van der Waals surface area contributed by atoms with Crippen LogP contribution in [-0.2, 0) is 19.6 Å². The summed E-state index contributed by atoms with van der Waals surface area (Å²) in [7, 11) is -2.45. The second kappa shape index (κ2) is 8.95. The average Bonchev–Trinajstić information content (AvgIpc) is 3.40. The molecule has 2 amide bonds. The highest BCUT2D eigenvalue weighted by Gasteiger charge is 2.43. The summed E-state index contributed by atoms with van der Waals surface area (Å²) in [4.78, 5) is 27.1. The van der Waals surface area contributed by atoms with E-state index in [4.69, 9.17) is 4.52 Å². The van der Waals surface area contributed by atoms with Crippen molar-refractivity contribution in [1.29, 1.82) is 0 Å². The summed E-state index contributed by atoms with van der Waals surface area (Å²) >= 11 is 0. The van der Waals surface area contributed by atoms with Crippen molar-refractivity contribution in [3.8, 4) is 0 Å². The number of carbonyl (C=O) groups excluding carboxylic acids is 2. The molecular weight excluding hydrogens is 444 g/mol. The van der Waals surface area contributed by atoms with Crippen molar-refractivity contribution in [2.75, 3.05) is 25.5 Å². The Labute approximate surface area is 192 Å². The lowest BCUT2D eigenvalue weighted by molar-refractivity contribution is -0.136. The third kappa shape index (κ3) is 4.36. The van der Waals surface area contributed by atoms with E-state index in [0.29, 0.717) is 18.5 Å². The van der Waals surface area contributed by atoms with E-state index in [9.17, 15) is 18.0 Å². The quantitative estimate of drug-likeness (QED) is 0.593. The smallest absolute Gasteiger partial charge is 0.249 e. The first kappa shape index (κ1) is 22.9. The summed E-state index contributed by atoms with van der Waals surface area (Å²) in [6, 6.07) is 12.4. The Balaban J connectivity index is 1.47. The third-order valence-corrected chi connectivity index (χ3v) is 8.00. The number of anilines is 1. The maximum atomic E-state index is 13.2. The SMILES string of the molecule is Cc1noc(C)c1S(=O)(=O)N1CCCC1C(=O)N(C)CC(=O)Nc1cccc2ccccc12. The standard InChI is InChI=1S/C23H26N4O5S/c1-15-22(16(2)32-25-15)33(30,31)27-13-7-12-20(27)23(29)26(3)14-21(28)24-19-11-6-9-17-8-4-5-10-18(17)19/h4-6,8-11,20H,7,12-14H2,1-3H3,(H,24,28). The van der Waals surface area contributed by atoms with Crippen LogP contribution in [0, 0.1) is 13.8 Å². The highest BCUT2D eigenvalue weighted by Crippen LogP contribution is 2.30. The summed E-state index contributed by atoms with van der Waals surface area (Å²) in [5, 5.41) is 8.47. The van der Waals surface area contributed by atoms with Crippen LogP contribution in [0.3, 0.4) is 0 Å². The summed E-state index contributed by atoms with van der Waals surface area (Å²) < 4.78 is 32.7. The lowest BCUT2D eigenvalue weighted by Crippen LogP contribution is -2.48. The summed E-state index contributed by atoms with van der Waals surface area (Å²) in [6.07, 6.45) is 0.936. The molecule has 10 heteroatoms. The van der Waals surface area contributed by atoms with Crippen LogP contribution in [0.2, 0.25) is 0 Å². The molecule has 1 aliphatic rings. The number of sulfonamides is 1. The molecule has 2 aromatic carbocycles. The number of fused-ring (bicyclic) bond motifs is 1. The van der Waals surface area contributed by atoms with Crippen LogP contribution in [0.1, 0.15) is 24.3 Å². The van der Waals surface area contributed by atoms with Gasteiger partial charge in [0.1, 0.15) is 16.6 Å². The van der Waals surface area contributed by atoms with Crippen LogP contribution in [0.25, 0.3) is 10.8 Å². The Bertz CT molecular complexity index is 1290. The molecule has 0 bridgehead atoms. The number of nitrogens with one attached hydrogen (secondary N) is 1. The first-order valence-electron chi connectivity index (χ1n) is 10.7. The lowest BCUT2D eigenvalue weighted by atomic mass is 10.1. The third-order valence-electron chi connectivity index (χ3n) is 5.84. The van der Waals surface area contributed by atoms with Crippen molar-refractivity contribution >= 4 is 38.3 Å². The molecule has 1 unspecified atom stereocenters. The van der Waals surface area contributed by atoms with Crippen LogP contribution in [0.15, 0.2) is 51.9 Å². The second-order valence-electron chi connectivity index (χ2n) is 8.20. The Hall–Kier alpha value is -3.24. The normalized spacial score (nSPS) is 16.8. The number of benzene rings is 2. The fraction of sp³-hybridized carbons (Fsp3) is 0.348. The van der Waals surface area contributed by atoms with E-state index >= 15 is 0 Å². The van der Waals surface area contributed by atoms with E-state index in [1.54, 1.807) is 13.0 Å². The number of carbonyl (C=O) groups is 2. The molecule has 0 aliphatic carbocycles. The summed E-state index contributed by atoms with van der Waals surface area (Å²) in [5.74, 6) is -0.593. The first-order chi connectivity index (χ1) is 15.7. The van der Waals surface area contributed by atoms with E-state index < -0.39 is 22.0 Å². The number of aryl methyl sites for hydroxylation is 2. The summed E-state index contributed by atoms with van der Waals surface area (Å²) in [6.45, 7) is 3.11. The number of rotatable bonds is 6. The fourth-order valence-electron chi connectivity index (χ4n) is 4.31. The minimum absolute atomic E-state index is 0.00134. The van der Waals surface area contributed by atoms with E-state index in [2.05, 4.69) is 10.5 Å². The van der Waals surface area contributed by atoms with Crippen LogP contribution >= 0.6 is 0 Å². The van der Waals surface area contributed by atoms with Crippen molar-refractivity contribution in [1.82, 2.24) is 14.4 Å². The van der Waals surface area contributed by atoms with Gasteiger partial charge in [0.2, 0.25) is 21.8 Å². The Kier molecular flexibility index (Phi) is 6.22.